The van der Waals surface area contributed by atoms with Gasteiger partial charge in [0.2, 0.25) is 0 Å². The van der Waals surface area contributed by atoms with E-state index in [-0.39, 0.29) is 0 Å². The molecule has 2 heteroatoms. The summed E-state index contributed by atoms with van der Waals surface area (Å²) in [5.41, 5.74) is 16.5. The summed E-state index contributed by atoms with van der Waals surface area (Å²) >= 11 is 0. The fourth-order valence-electron chi connectivity index (χ4n) is 9.52. The van der Waals surface area contributed by atoms with Gasteiger partial charge in [-0.15, -0.1) is 0 Å². The fourth-order valence-corrected chi connectivity index (χ4v) is 9.52. The van der Waals surface area contributed by atoms with Gasteiger partial charge in [0, 0.05) is 33.5 Å². The molecule has 0 bridgehead atoms. The standard InChI is InChI=1S/C64H54N2/c1-46-19-7-4-5-8-21-49(38-35-46)50-39-43-56(44-40-50)65(54-27-13-11-24-51-25-12-14-30-58(51)48(3)37-42-54)57-29-16-26-53(45-57)60-32-18-34-62-64(60)63-59(52-22-9-6-10-23-52)31-17-33-61(63)66(62)55-28-15-20-47(2)36-41-55/h4-35,37-40,42-45,47H,36,41H2,1-3H3. The first kappa shape index (κ1) is 42.0. The van der Waals surface area contributed by atoms with Crippen LogP contribution >= 0.6 is 0 Å². The lowest BCUT2D eigenvalue weighted by Crippen LogP contribution is -2.09. The SMILES string of the molecule is Cc1ccccccc(-c2ccc(N(c3ccccc4ccccc4c(C)cc3)c3cccc(-c4cccc5c4c4c(-c6ccccc6)cccc4n5C4=CC=CC(C)CC4)c3)cc2)cc1. The minimum atomic E-state index is 0.535. The van der Waals surface area contributed by atoms with Crippen LogP contribution in [0.5, 0.6) is 0 Å². The van der Waals surface area contributed by atoms with E-state index >= 15 is 0 Å². The van der Waals surface area contributed by atoms with Gasteiger partial charge >= 0.3 is 0 Å². The Morgan fingerprint density at radius 2 is 1.00 bits per heavy atom. The van der Waals surface area contributed by atoms with Crippen LogP contribution in [-0.4, -0.2) is 4.57 Å². The van der Waals surface area contributed by atoms with E-state index in [0.29, 0.717) is 5.92 Å². The summed E-state index contributed by atoms with van der Waals surface area (Å²) in [5.74, 6) is 0.535. The zero-order chi connectivity index (χ0) is 44.8. The molecular weight excluding hydrogens is 797 g/mol. The molecule has 320 valence electrons. The van der Waals surface area contributed by atoms with Gasteiger partial charge in [-0.1, -0.05) is 201 Å². The Kier molecular flexibility index (Phi) is 12.1. The number of hydrogen-bond donors (Lipinski definition) is 0. The van der Waals surface area contributed by atoms with Gasteiger partial charge in [-0.3, -0.25) is 0 Å². The highest BCUT2D eigenvalue weighted by molar-refractivity contribution is 6.21. The van der Waals surface area contributed by atoms with Crippen molar-refractivity contribution in [1.82, 2.24) is 4.57 Å². The number of hydrogen-bond acceptors (Lipinski definition) is 1. The maximum atomic E-state index is 2.53. The van der Waals surface area contributed by atoms with Crippen molar-refractivity contribution in [1.29, 1.82) is 0 Å². The number of rotatable bonds is 7. The summed E-state index contributed by atoms with van der Waals surface area (Å²) in [6, 6.07) is 81.6. The quantitative estimate of drug-likeness (QED) is 0.155. The molecule has 0 fully saturated rings. The lowest BCUT2D eigenvalue weighted by atomic mass is 9.94. The molecule has 1 unspecified atom stereocenters. The Bertz CT molecular complexity index is 3400. The molecule has 1 aromatic heterocycles. The molecule has 0 spiro atoms. The molecule has 8 aromatic carbocycles. The number of anilines is 3. The van der Waals surface area contributed by atoms with Gasteiger partial charge in [-0.05, 0) is 137 Å². The van der Waals surface area contributed by atoms with Crippen LogP contribution in [-0.2, 0) is 0 Å². The zero-order valence-corrected chi connectivity index (χ0v) is 38.0. The van der Waals surface area contributed by atoms with Gasteiger partial charge in [-0.25, -0.2) is 0 Å². The fraction of sp³-hybridized carbons (Fsp3) is 0.0938. The molecule has 1 aliphatic carbocycles. The Balaban J connectivity index is 1.18. The molecule has 10 rings (SSSR count). The van der Waals surface area contributed by atoms with E-state index in [1.54, 1.807) is 0 Å². The maximum Gasteiger partial charge on any atom is 0.0544 e. The first-order valence-electron chi connectivity index (χ1n) is 23.2. The molecule has 0 saturated heterocycles. The van der Waals surface area contributed by atoms with Gasteiger partial charge in [0.15, 0.2) is 0 Å². The average Bonchev–Trinajstić information content (AvgIpc) is 3.55. The predicted molar refractivity (Wildman–Crippen MR) is 284 cm³/mol. The third-order valence-electron chi connectivity index (χ3n) is 12.9. The molecule has 0 radical (unpaired) electrons. The van der Waals surface area contributed by atoms with Crippen LogP contribution in [0.4, 0.5) is 17.1 Å². The molecule has 9 aromatic rings. The lowest BCUT2D eigenvalue weighted by molar-refractivity contribution is 0.661. The van der Waals surface area contributed by atoms with Crippen LogP contribution in [0, 0.1) is 19.8 Å². The van der Waals surface area contributed by atoms with Gasteiger partial charge in [0.05, 0.1) is 11.0 Å². The highest BCUT2D eigenvalue weighted by Crippen LogP contribution is 2.45. The predicted octanol–water partition coefficient (Wildman–Crippen LogP) is 18.1. The molecule has 66 heavy (non-hydrogen) atoms. The summed E-state index contributed by atoms with van der Waals surface area (Å²) in [5, 5.41) is 4.98. The van der Waals surface area contributed by atoms with E-state index in [2.05, 4.69) is 273 Å². The van der Waals surface area contributed by atoms with Crippen molar-refractivity contribution >= 4 is 55.3 Å². The average molecular weight is 851 g/mol. The smallest absolute Gasteiger partial charge is 0.0544 e. The van der Waals surface area contributed by atoms with Crippen molar-refractivity contribution in [3.05, 3.63) is 254 Å². The Hall–Kier alpha value is -7.94. The van der Waals surface area contributed by atoms with Crippen molar-refractivity contribution in [3.63, 3.8) is 0 Å². The van der Waals surface area contributed by atoms with E-state index in [1.807, 2.05) is 0 Å². The maximum absolute atomic E-state index is 2.53. The van der Waals surface area contributed by atoms with Crippen molar-refractivity contribution < 1.29 is 0 Å². The number of fused-ring (bicyclic) bond motifs is 4. The summed E-state index contributed by atoms with van der Waals surface area (Å²) in [6.45, 7) is 6.66. The van der Waals surface area contributed by atoms with Crippen LogP contribution in [0.1, 0.15) is 30.9 Å². The Labute approximate surface area is 389 Å². The van der Waals surface area contributed by atoms with E-state index in [0.717, 1.165) is 46.6 Å². The van der Waals surface area contributed by atoms with Crippen LogP contribution in [0.3, 0.4) is 0 Å². The molecule has 0 aliphatic heterocycles. The first-order chi connectivity index (χ1) is 32.5. The largest absolute Gasteiger partial charge is 0.313 e. The molecule has 0 amide bonds. The van der Waals surface area contributed by atoms with E-state index in [9.17, 15) is 0 Å². The van der Waals surface area contributed by atoms with Gasteiger partial charge < -0.3 is 9.47 Å². The third kappa shape index (κ3) is 8.66. The summed E-state index contributed by atoms with van der Waals surface area (Å²) < 4.78 is 2.53. The molecule has 1 heterocycles. The normalized spacial score (nSPS) is 13.4. The highest BCUT2D eigenvalue weighted by Gasteiger charge is 2.22. The summed E-state index contributed by atoms with van der Waals surface area (Å²) in [7, 11) is 0. The number of aromatic nitrogens is 1. The molecule has 0 saturated carbocycles. The Morgan fingerprint density at radius 3 is 1.76 bits per heavy atom. The second-order valence-electron chi connectivity index (χ2n) is 17.5. The molecule has 1 atom stereocenters. The van der Waals surface area contributed by atoms with E-state index < -0.39 is 0 Å². The summed E-state index contributed by atoms with van der Waals surface area (Å²) in [6.07, 6.45) is 9.05. The highest BCUT2D eigenvalue weighted by atomic mass is 15.1. The molecular formula is C64H54N2. The summed E-state index contributed by atoms with van der Waals surface area (Å²) in [4.78, 5) is 2.40. The topological polar surface area (TPSA) is 8.17 Å². The van der Waals surface area contributed by atoms with Crippen LogP contribution in [0.15, 0.2) is 243 Å². The Morgan fingerprint density at radius 1 is 0.455 bits per heavy atom. The van der Waals surface area contributed by atoms with Gasteiger partial charge in [-0.2, -0.15) is 0 Å². The van der Waals surface area contributed by atoms with Crippen molar-refractivity contribution in [2.45, 2.75) is 33.6 Å². The molecule has 0 N–H and O–H groups in total. The number of aryl methyl sites for hydroxylation is 2. The number of allylic oxidation sites excluding steroid dienone is 4. The van der Waals surface area contributed by atoms with Crippen LogP contribution in [0.25, 0.3) is 71.7 Å². The minimum absolute atomic E-state index is 0.535. The number of nitrogens with zero attached hydrogens (tertiary/aromatic N) is 2. The molecule has 2 nitrogen and oxygen atoms in total. The van der Waals surface area contributed by atoms with Crippen molar-refractivity contribution in [3.8, 4) is 33.4 Å². The van der Waals surface area contributed by atoms with Crippen LogP contribution in [0.2, 0.25) is 0 Å². The lowest BCUT2D eigenvalue weighted by Gasteiger charge is -2.26. The van der Waals surface area contributed by atoms with Gasteiger partial charge in [0.25, 0.3) is 0 Å². The van der Waals surface area contributed by atoms with Crippen LogP contribution < -0.4 is 4.90 Å². The second-order valence-corrected chi connectivity index (χ2v) is 17.5. The van der Waals surface area contributed by atoms with Gasteiger partial charge in [0.1, 0.15) is 0 Å². The number of benzene rings is 6. The second kappa shape index (κ2) is 19.0. The zero-order valence-electron chi connectivity index (χ0n) is 38.0. The van der Waals surface area contributed by atoms with Crippen molar-refractivity contribution in [2.24, 2.45) is 5.92 Å². The first-order valence-corrected chi connectivity index (χ1v) is 23.2. The van der Waals surface area contributed by atoms with E-state index in [4.69, 9.17) is 0 Å². The third-order valence-corrected chi connectivity index (χ3v) is 12.9. The van der Waals surface area contributed by atoms with E-state index in [1.165, 1.54) is 66.1 Å². The monoisotopic (exact) mass is 850 g/mol. The molecule has 1 aliphatic rings. The minimum Gasteiger partial charge on any atom is -0.313 e. The van der Waals surface area contributed by atoms with Crippen molar-refractivity contribution in [2.75, 3.05) is 4.90 Å².